The third-order valence-corrected chi connectivity index (χ3v) is 8.48. The lowest BCUT2D eigenvalue weighted by Crippen LogP contribution is -2.53. The molecule has 1 aliphatic heterocycles. The van der Waals surface area contributed by atoms with Crippen LogP contribution in [0.1, 0.15) is 49.4 Å². The number of benzene rings is 3. The van der Waals surface area contributed by atoms with Gasteiger partial charge in [0.2, 0.25) is 11.8 Å². The normalized spacial score (nSPS) is 17.0. The van der Waals surface area contributed by atoms with Crippen LogP contribution < -0.4 is 9.47 Å². The van der Waals surface area contributed by atoms with Gasteiger partial charge in [-0.05, 0) is 73.9 Å². The molecule has 0 bridgehead atoms. The molecule has 0 radical (unpaired) electrons. The first-order valence-corrected chi connectivity index (χ1v) is 16.0. The zero-order chi connectivity index (χ0) is 31.2. The second-order valence-corrected chi connectivity index (χ2v) is 12.9. The van der Waals surface area contributed by atoms with Crippen LogP contribution >= 0.6 is 0 Å². The van der Waals surface area contributed by atoms with Gasteiger partial charge in [-0.15, -0.1) is 0 Å². The molecule has 1 aromatic heterocycles. The summed E-state index contributed by atoms with van der Waals surface area (Å²) in [4.78, 5) is 21.8. The van der Waals surface area contributed by atoms with Crippen molar-refractivity contribution in [3.63, 3.8) is 0 Å². The Morgan fingerprint density at radius 3 is 2.13 bits per heavy atom. The number of nitrogens with zero attached hydrogens (tertiary/aromatic N) is 3. The Labute approximate surface area is 266 Å². The number of pyridine rings is 1. The van der Waals surface area contributed by atoms with Crippen LogP contribution in [0.5, 0.6) is 11.8 Å². The van der Waals surface area contributed by atoms with Gasteiger partial charge in [0.05, 0.1) is 0 Å². The van der Waals surface area contributed by atoms with Crippen LogP contribution in [0, 0.1) is 0 Å². The van der Waals surface area contributed by atoms with E-state index < -0.39 is 5.60 Å². The summed E-state index contributed by atoms with van der Waals surface area (Å²) in [6.45, 7) is 9.74. The summed E-state index contributed by atoms with van der Waals surface area (Å²) < 4.78 is 18.0. The molecule has 1 atom stereocenters. The molecule has 1 amide bonds. The molecule has 2 heterocycles. The fourth-order valence-corrected chi connectivity index (χ4v) is 6.10. The van der Waals surface area contributed by atoms with Crippen LogP contribution in [0.3, 0.4) is 0 Å². The third kappa shape index (κ3) is 8.03. The number of amides is 1. The van der Waals surface area contributed by atoms with E-state index in [0.717, 1.165) is 54.6 Å². The highest BCUT2D eigenvalue weighted by molar-refractivity contribution is 5.70. The predicted molar refractivity (Wildman–Crippen MR) is 176 cm³/mol. The van der Waals surface area contributed by atoms with Crippen LogP contribution in [0.15, 0.2) is 91.0 Å². The van der Waals surface area contributed by atoms with E-state index in [1.807, 2.05) is 80.3 Å². The van der Waals surface area contributed by atoms with Gasteiger partial charge < -0.3 is 19.1 Å². The standard InChI is InChI=1S/C38H43N3O4/c1-38(2,3)45-37(42)41-22-20-40(21-23-41)33-17-16-30-14-15-31(24-32(30)25-33)34-18-19-35(43-26-28-10-6-4-7-11-28)39-36(34)44-27-29-12-8-5-9-13-29/h4-15,18-19,24,33H,16-17,20-23,25-27H2,1-3H3/t33-/m1/s1. The minimum absolute atomic E-state index is 0.212. The minimum atomic E-state index is -0.476. The Hall–Kier alpha value is -4.36. The molecular formula is C38H43N3O4. The monoisotopic (exact) mass is 605 g/mol. The van der Waals surface area contributed by atoms with Crippen molar-refractivity contribution in [2.75, 3.05) is 26.2 Å². The summed E-state index contributed by atoms with van der Waals surface area (Å²) in [5.74, 6) is 1.10. The first-order chi connectivity index (χ1) is 21.8. The van der Waals surface area contributed by atoms with E-state index in [1.165, 1.54) is 11.1 Å². The smallest absolute Gasteiger partial charge is 0.410 e. The quantitative estimate of drug-likeness (QED) is 0.210. The van der Waals surface area contributed by atoms with Crippen molar-refractivity contribution in [1.29, 1.82) is 0 Å². The second-order valence-electron chi connectivity index (χ2n) is 12.9. The van der Waals surface area contributed by atoms with Crippen molar-refractivity contribution in [2.24, 2.45) is 0 Å². The van der Waals surface area contributed by atoms with Gasteiger partial charge in [-0.25, -0.2) is 4.79 Å². The van der Waals surface area contributed by atoms with E-state index in [9.17, 15) is 4.79 Å². The summed E-state index contributed by atoms with van der Waals surface area (Å²) in [5, 5.41) is 0. The Balaban J connectivity index is 1.17. The van der Waals surface area contributed by atoms with Crippen LogP contribution in [-0.4, -0.2) is 58.7 Å². The lowest BCUT2D eigenvalue weighted by atomic mass is 9.85. The minimum Gasteiger partial charge on any atom is -0.473 e. The SMILES string of the molecule is CC(C)(C)OC(=O)N1CCN([C@@H]2CCc3ccc(-c4ccc(OCc5ccccc5)nc4OCc4ccccc4)cc3C2)CC1. The molecule has 4 aromatic rings. The van der Waals surface area contributed by atoms with Gasteiger partial charge in [-0.1, -0.05) is 78.9 Å². The van der Waals surface area contributed by atoms with Gasteiger partial charge >= 0.3 is 6.09 Å². The molecule has 6 rings (SSSR count). The molecule has 7 heteroatoms. The van der Waals surface area contributed by atoms with Crippen molar-refractivity contribution in [2.45, 2.75) is 64.9 Å². The number of hydrogen-bond acceptors (Lipinski definition) is 6. The molecular weight excluding hydrogens is 562 g/mol. The maximum absolute atomic E-state index is 12.6. The highest BCUT2D eigenvalue weighted by atomic mass is 16.6. The Morgan fingerprint density at radius 1 is 0.800 bits per heavy atom. The first kappa shape index (κ1) is 30.7. The summed E-state index contributed by atoms with van der Waals surface area (Å²) in [6, 6.07) is 31.5. The number of carbonyl (C=O) groups is 1. The van der Waals surface area contributed by atoms with Crippen molar-refractivity contribution in [1.82, 2.24) is 14.8 Å². The van der Waals surface area contributed by atoms with Crippen molar-refractivity contribution in [3.05, 3.63) is 113 Å². The topological polar surface area (TPSA) is 64.1 Å². The van der Waals surface area contributed by atoms with Crippen molar-refractivity contribution >= 4 is 6.09 Å². The maximum Gasteiger partial charge on any atom is 0.410 e. The molecule has 3 aromatic carbocycles. The molecule has 0 N–H and O–H groups in total. The average molecular weight is 606 g/mol. The Morgan fingerprint density at radius 2 is 1.47 bits per heavy atom. The van der Waals surface area contributed by atoms with E-state index in [4.69, 9.17) is 19.2 Å². The zero-order valence-electron chi connectivity index (χ0n) is 26.6. The number of hydrogen-bond donors (Lipinski definition) is 0. The van der Waals surface area contributed by atoms with Crippen LogP contribution in [0.4, 0.5) is 4.79 Å². The molecule has 1 fully saturated rings. The summed E-state index contributed by atoms with van der Waals surface area (Å²) >= 11 is 0. The fourth-order valence-electron chi connectivity index (χ4n) is 6.10. The Kier molecular flexibility index (Phi) is 9.36. The van der Waals surface area contributed by atoms with Gasteiger partial charge in [0.1, 0.15) is 18.8 Å². The summed E-state index contributed by atoms with van der Waals surface area (Å²) in [6.07, 6.45) is 2.95. The van der Waals surface area contributed by atoms with E-state index in [2.05, 4.69) is 41.3 Å². The molecule has 2 aliphatic rings. The van der Waals surface area contributed by atoms with E-state index in [0.29, 0.717) is 44.1 Å². The molecule has 1 aliphatic carbocycles. The first-order valence-electron chi connectivity index (χ1n) is 16.0. The van der Waals surface area contributed by atoms with Crippen LogP contribution in [0.2, 0.25) is 0 Å². The number of fused-ring (bicyclic) bond motifs is 1. The van der Waals surface area contributed by atoms with Gasteiger partial charge in [0.25, 0.3) is 0 Å². The number of aryl methyl sites for hydroxylation is 1. The van der Waals surface area contributed by atoms with E-state index >= 15 is 0 Å². The average Bonchev–Trinajstić information content (AvgIpc) is 3.06. The highest BCUT2D eigenvalue weighted by Gasteiger charge is 2.31. The lowest BCUT2D eigenvalue weighted by molar-refractivity contribution is 0.00958. The second kappa shape index (κ2) is 13.7. The predicted octanol–water partition coefficient (Wildman–Crippen LogP) is 7.32. The summed E-state index contributed by atoms with van der Waals surface area (Å²) in [7, 11) is 0. The number of rotatable bonds is 8. The molecule has 0 unspecified atom stereocenters. The van der Waals surface area contributed by atoms with Gasteiger partial charge in [0, 0.05) is 43.9 Å². The molecule has 0 saturated carbocycles. The van der Waals surface area contributed by atoms with E-state index in [1.54, 1.807) is 0 Å². The summed E-state index contributed by atoms with van der Waals surface area (Å²) in [5.41, 5.74) is 6.52. The zero-order valence-corrected chi connectivity index (χ0v) is 26.6. The number of ether oxygens (including phenoxy) is 3. The number of aromatic nitrogens is 1. The third-order valence-electron chi connectivity index (χ3n) is 8.48. The highest BCUT2D eigenvalue weighted by Crippen LogP contribution is 2.35. The van der Waals surface area contributed by atoms with Crippen LogP contribution in [0.25, 0.3) is 11.1 Å². The van der Waals surface area contributed by atoms with E-state index in [-0.39, 0.29) is 6.09 Å². The number of carbonyl (C=O) groups excluding carboxylic acids is 1. The Bertz CT molecular complexity index is 1580. The molecule has 1 saturated heterocycles. The molecule has 7 nitrogen and oxygen atoms in total. The van der Waals surface area contributed by atoms with Crippen molar-refractivity contribution < 1.29 is 19.0 Å². The fraction of sp³-hybridized carbons (Fsp3) is 0.368. The van der Waals surface area contributed by atoms with Crippen molar-refractivity contribution in [3.8, 4) is 22.9 Å². The number of piperazine rings is 1. The molecule has 234 valence electrons. The largest absolute Gasteiger partial charge is 0.473 e. The lowest BCUT2D eigenvalue weighted by Gasteiger charge is -2.41. The molecule has 0 spiro atoms. The maximum atomic E-state index is 12.6. The van der Waals surface area contributed by atoms with Gasteiger partial charge in [-0.3, -0.25) is 4.90 Å². The van der Waals surface area contributed by atoms with Gasteiger partial charge in [0.15, 0.2) is 0 Å². The molecule has 45 heavy (non-hydrogen) atoms. The van der Waals surface area contributed by atoms with Crippen LogP contribution in [-0.2, 0) is 30.8 Å². The van der Waals surface area contributed by atoms with Gasteiger partial charge in [-0.2, -0.15) is 4.98 Å².